The van der Waals surface area contributed by atoms with Gasteiger partial charge in [-0.05, 0) is 38.6 Å². The third-order valence-corrected chi connectivity index (χ3v) is 4.60. The van der Waals surface area contributed by atoms with Crippen molar-refractivity contribution in [3.8, 4) is 0 Å². The second kappa shape index (κ2) is 8.31. The average Bonchev–Trinajstić information content (AvgIpc) is 2.43. The van der Waals surface area contributed by atoms with E-state index in [9.17, 15) is 8.42 Å². The summed E-state index contributed by atoms with van der Waals surface area (Å²) >= 11 is 0. The predicted molar refractivity (Wildman–Crippen MR) is 80.5 cm³/mol. The van der Waals surface area contributed by atoms with Crippen molar-refractivity contribution in [2.45, 2.75) is 26.3 Å². The highest BCUT2D eigenvalue weighted by Crippen LogP contribution is 2.10. The van der Waals surface area contributed by atoms with Crippen molar-refractivity contribution in [1.82, 2.24) is 19.3 Å². The molecule has 0 radical (unpaired) electrons. The number of hydrogen-bond donors (Lipinski definition) is 2. The lowest BCUT2D eigenvalue weighted by Gasteiger charge is -2.20. The van der Waals surface area contributed by atoms with Gasteiger partial charge < -0.3 is 5.32 Å². The molecule has 1 atom stereocenters. The molecule has 0 aliphatic heterocycles. The standard InChI is InChI=1S/C13H24N4O2S/c1-4-14-9-7-11-17(3)20(18,19)16-12(2)13-8-5-6-10-15-13/h5-6,8,10,12,14,16H,4,7,9,11H2,1-3H3. The first-order valence-electron chi connectivity index (χ1n) is 6.82. The van der Waals surface area contributed by atoms with E-state index >= 15 is 0 Å². The molecule has 0 bridgehead atoms. The smallest absolute Gasteiger partial charge is 0.279 e. The van der Waals surface area contributed by atoms with Crippen LogP contribution in [0.2, 0.25) is 0 Å². The minimum Gasteiger partial charge on any atom is -0.317 e. The van der Waals surface area contributed by atoms with Crippen LogP contribution in [-0.4, -0.2) is 44.4 Å². The molecule has 0 aromatic carbocycles. The highest BCUT2D eigenvalue weighted by Gasteiger charge is 2.20. The second-order valence-corrected chi connectivity index (χ2v) is 6.44. The average molecular weight is 300 g/mol. The van der Waals surface area contributed by atoms with Gasteiger partial charge in [0.05, 0.1) is 11.7 Å². The minimum absolute atomic E-state index is 0.350. The van der Waals surface area contributed by atoms with Gasteiger partial charge in [0.25, 0.3) is 10.2 Å². The Kier molecular flexibility index (Phi) is 7.08. The molecule has 0 spiro atoms. The van der Waals surface area contributed by atoms with Gasteiger partial charge in [-0.2, -0.15) is 17.4 Å². The number of nitrogens with zero attached hydrogens (tertiary/aromatic N) is 2. The maximum Gasteiger partial charge on any atom is 0.279 e. The van der Waals surface area contributed by atoms with Crippen LogP contribution in [0.4, 0.5) is 0 Å². The molecule has 7 heteroatoms. The van der Waals surface area contributed by atoms with E-state index in [1.807, 2.05) is 13.0 Å². The Balaban J connectivity index is 2.51. The van der Waals surface area contributed by atoms with Gasteiger partial charge >= 0.3 is 0 Å². The van der Waals surface area contributed by atoms with Crippen LogP contribution in [0.1, 0.15) is 32.0 Å². The third kappa shape index (κ3) is 5.54. The van der Waals surface area contributed by atoms with Gasteiger partial charge in [-0.15, -0.1) is 0 Å². The molecule has 1 unspecified atom stereocenters. The molecule has 6 nitrogen and oxygen atoms in total. The zero-order chi connectivity index (χ0) is 15.0. The molecule has 0 saturated heterocycles. The summed E-state index contributed by atoms with van der Waals surface area (Å²) in [4.78, 5) is 4.15. The SMILES string of the molecule is CCNCCCN(C)S(=O)(=O)NC(C)c1ccccn1. The molecule has 0 aliphatic rings. The Morgan fingerprint density at radius 2 is 2.15 bits per heavy atom. The molecule has 1 aromatic heterocycles. The lowest BCUT2D eigenvalue weighted by atomic mass is 10.2. The zero-order valence-corrected chi connectivity index (χ0v) is 13.2. The molecule has 1 rings (SSSR count). The largest absolute Gasteiger partial charge is 0.317 e. The summed E-state index contributed by atoms with van der Waals surface area (Å²) in [5.41, 5.74) is 0.706. The number of hydrogen-bond acceptors (Lipinski definition) is 4. The number of aromatic nitrogens is 1. The topological polar surface area (TPSA) is 74.3 Å². The van der Waals surface area contributed by atoms with Gasteiger partial charge in [-0.3, -0.25) is 4.98 Å². The van der Waals surface area contributed by atoms with Crippen molar-refractivity contribution in [2.75, 3.05) is 26.7 Å². The van der Waals surface area contributed by atoms with Crippen molar-refractivity contribution >= 4 is 10.2 Å². The molecule has 0 amide bonds. The van der Waals surface area contributed by atoms with Crippen molar-refractivity contribution in [3.63, 3.8) is 0 Å². The second-order valence-electron chi connectivity index (χ2n) is 4.63. The van der Waals surface area contributed by atoms with Crippen LogP contribution in [0.5, 0.6) is 0 Å². The zero-order valence-electron chi connectivity index (χ0n) is 12.3. The fourth-order valence-electron chi connectivity index (χ4n) is 1.73. The first-order chi connectivity index (χ1) is 9.47. The summed E-state index contributed by atoms with van der Waals surface area (Å²) in [7, 11) is -1.90. The maximum atomic E-state index is 12.1. The third-order valence-electron chi connectivity index (χ3n) is 2.94. The van der Waals surface area contributed by atoms with Crippen LogP contribution < -0.4 is 10.0 Å². The fraction of sp³-hybridized carbons (Fsp3) is 0.615. The first kappa shape index (κ1) is 17.0. The van der Waals surface area contributed by atoms with E-state index in [-0.39, 0.29) is 6.04 Å². The lowest BCUT2D eigenvalue weighted by molar-refractivity contribution is 0.439. The van der Waals surface area contributed by atoms with Crippen LogP contribution in [0.3, 0.4) is 0 Å². The molecule has 114 valence electrons. The predicted octanol–water partition coefficient (Wildman–Crippen LogP) is 0.908. The van der Waals surface area contributed by atoms with Crippen molar-refractivity contribution in [1.29, 1.82) is 0 Å². The van der Waals surface area contributed by atoms with Crippen LogP contribution in [0, 0.1) is 0 Å². The Labute approximate surface area is 121 Å². The van der Waals surface area contributed by atoms with Crippen LogP contribution >= 0.6 is 0 Å². The van der Waals surface area contributed by atoms with Gasteiger partial charge in [0.1, 0.15) is 0 Å². The van der Waals surface area contributed by atoms with Crippen molar-refractivity contribution in [3.05, 3.63) is 30.1 Å². The van der Waals surface area contributed by atoms with E-state index in [2.05, 4.69) is 15.0 Å². The summed E-state index contributed by atoms with van der Waals surface area (Å²) < 4.78 is 28.3. The Hall–Kier alpha value is -1.02. The number of nitrogens with one attached hydrogen (secondary N) is 2. The van der Waals surface area contributed by atoms with E-state index in [1.54, 1.807) is 32.3 Å². The molecule has 1 heterocycles. The summed E-state index contributed by atoms with van der Waals surface area (Å²) in [5, 5.41) is 3.17. The molecule has 20 heavy (non-hydrogen) atoms. The Morgan fingerprint density at radius 1 is 1.40 bits per heavy atom. The number of pyridine rings is 1. The van der Waals surface area contributed by atoms with Crippen LogP contribution in [0.15, 0.2) is 24.4 Å². The summed E-state index contributed by atoms with van der Waals surface area (Å²) in [6, 6.07) is 5.10. The minimum atomic E-state index is -3.48. The Bertz CT molecular complexity index is 478. The van der Waals surface area contributed by atoms with Gasteiger partial charge in [-0.25, -0.2) is 0 Å². The normalized spacial score (nSPS) is 13.6. The van der Waals surface area contributed by atoms with Gasteiger partial charge in [0, 0.05) is 19.8 Å². The van der Waals surface area contributed by atoms with E-state index in [0.29, 0.717) is 12.2 Å². The van der Waals surface area contributed by atoms with Crippen molar-refractivity contribution < 1.29 is 8.42 Å². The summed E-state index contributed by atoms with van der Waals surface area (Å²) in [5.74, 6) is 0. The molecule has 0 saturated carbocycles. The molecule has 0 aliphatic carbocycles. The van der Waals surface area contributed by atoms with Crippen molar-refractivity contribution in [2.24, 2.45) is 0 Å². The van der Waals surface area contributed by atoms with E-state index < -0.39 is 10.2 Å². The first-order valence-corrected chi connectivity index (χ1v) is 8.26. The van der Waals surface area contributed by atoms with Crippen LogP contribution in [0.25, 0.3) is 0 Å². The molecular weight excluding hydrogens is 276 g/mol. The number of rotatable bonds is 9. The maximum absolute atomic E-state index is 12.1. The Morgan fingerprint density at radius 3 is 2.75 bits per heavy atom. The highest BCUT2D eigenvalue weighted by molar-refractivity contribution is 7.87. The monoisotopic (exact) mass is 300 g/mol. The van der Waals surface area contributed by atoms with E-state index in [0.717, 1.165) is 19.5 Å². The van der Waals surface area contributed by atoms with Gasteiger partial charge in [0.2, 0.25) is 0 Å². The fourth-order valence-corrected chi connectivity index (χ4v) is 2.85. The molecule has 1 aromatic rings. The molecule has 0 fully saturated rings. The molecule has 2 N–H and O–H groups in total. The van der Waals surface area contributed by atoms with Gasteiger partial charge in [0.15, 0.2) is 0 Å². The lowest BCUT2D eigenvalue weighted by Crippen LogP contribution is -2.40. The summed E-state index contributed by atoms with van der Waals surface area (Å²) in [6.45, 7) is 6.00. The van der Waals surface area contributed by atoms with E-state index in [4.69, 9.17) is 0 Å². The van der Waals surface area contributed by atoms with Gasteiger partial charge in [-0.1, -0.05) is 13.0 Å². The highest BCUT2D eigenvalue weighted by atomic mass is 32.2. The van der Waals surface area contributed by atoms with Crippen LogP contribution in [-0.2, 0) is 10.2 Å². The molecular formula is C13H24N4O2S. The van der Waals surface area contributed by atoms with E-state index in [1.165, 1.54) is 4.31 Å². The summed E-state index contributed by atoms with van der Waals surface area (Å²) in [6.07, 6.45) is 2.43. The quantitative estimate of drug-likeness (QED) is 0.665.